The van der Waals surface area contributed by atoms with Crippen LogP contribution >= 0.6 is 0 Å². The molecule has 3 aromatic rings. The van der Waals surface area contributed by atoms with Crippen LogP contribution in [-0.2, 0) is 16.6 Å². The predicted molar refractivity (Wildman–Crippen MR) is 142 cm³/mol. The lowest BCUT2D eigenvalue weighted by Gasteiger charge is -2.22. The first-order chi connectivity index (χ1) is 18.0. The van der Waals surface area contributed by atoms with Crippen LogP contribution in [0.25, 0.3) is 11.1 Å². The third-order valence-electron chi connectivity index (χ3n) is 7.14. The van der Waals surface area contributed by atoms with Gasteiger partial charge in [-0.25, -0.2) is 4.39 Å². The third-order valence-corrected chi connectivity index (χ3v) is 7.14. The molecule has 4 rings (SSSR count). The summed E-state index contributed by atoms with van der Waals surface area (Å²) in [5.41, 5.74) is 4.13. The molecule has 2 N–H and O–H groups in total. The maximum atomic E-state index is 13.2. The molecule has 0 bridgehead atoms. The van der Waals surface area contributed by atoms with Gasteiger partial charge in [0.2, 0.25) is 0 Å². The molecule has 7 heteroatoms. The topological polar surface area (TPSA) is 94.9 Å². The van der Waals surface area contributed by atoms with Crippen molar-refractivity contribution in [2.75, 3.05) is 6.54 Å². The van der Waals surface area contributed by atoms with E-state index in [9.17, 15) is 29.0 Å². The molecule has 1 aliphatic rings. The Labute approximate surface area is 221 Å². The van der Waals surface area contributed by atoms with E-state index in [-0.39, 0.29) is 30.6 Å². The fourth-order valence-corrected chi connectivity index (χ4v) is 4.73. The van der Waals surface area contributed by atoms with Crippen molar-refractivity contribution >= 4 is 17.8 Å². The Morgan fingerprint density at radius 3 is 2.03 bits per heavy atom. The average Bonchev–Trinajstić information content (AvgIpc) is 3.12. The molecule has 2 amide bonds. The summed E-state index contributed by atoms with van der Waals surface area (Å²) in [6.07, 6.45) is -0.523. The van der Waals surface area contributed by atoms with Gasteiger partial charge in [0, 0.05) is 6.54 Å². The van der Waals surface area contributed by atoms with Crippen LogP contribution in [0.15, 0.2) is 66.7 Å². The first-order valence-corrected chi connectivity index (χ1v) is 12.7. The fourth-order valence-electron chi connectivity index (χ4n) is 4.73. The molecule has 0 aromatic heterocycles. The van der Waals surface area contributed by atoms with Gasteiger partial charge >= 0.3 is 5.97 Å². The first-order valence-electron chi connectivity index (χ1n) is 12.7. The summed E-state index contributed by atoms with van der Waals surface area (Å²) in [6, 6.07) is 19.0. The van der Waals surface area contributed by atoms with E-state index in [1.807, 2.05) is 51.1 Å². The fraction of sp³-hybridized carbons (Fsp3) is 0.323. The number of rotatable bonds is 9. The van der Waals surface area contributed by atoms with Gasteiger partial charge in [-0.05, 0) is 71.2 Å². The van der Waals surface area contributed by atoms with Crippen LogP contribution < -0.4 is 0 Å². The van der Waals surface area contributed by atoms with Crippen molar-refractivity contribution in [1.82, 2.24) is 4.90 Å². The van der Waals surface area contributed by atoms with Gasteiger partial charge in [0.05, 0.1) is 23.1 Å². The Morgan fingerprint density at radius 1 is 0.868 bits per heavy atom. The number of carboxylic acids is 1. The summed E-state index contributed by atoms with van der Waals surface area (Å²) in [6.45, 7) is 5.98. The van der Waals surface area contributed by atoms with E-state index in [0.29, 0.717) is 17.5 Å². The molecular formula is C31H32FNO5. The number of aliphatic hydroxyl groups excluding tert-OH is 1. The normalized spacial score (nSPS) is 14.9. The number of benzene rings is 3. The number of carbonyl (C=O) groups excluding carboxylic acids is 2. The summed E-state index contributed by atoms with van der Waals surface area (Å²) in [5.74, 6) is -3.47. The Morgan fingerprint density at radius 2 is 1.45 bits per heavy atom. The standard InChI is InChI=1S/C31H32FNO5/c1-31(2,3)22-11-14-24-26(18-22)29(36)33(28(24)35)17-16-25(30(37)38)27(34)15-6-19-4-7-20(8-5-19)21-9-12-23(32)13-10-21/h4-5,7-14,18,25,27,34H,6,15-17H2,1-3H3,(H,37,38)/t25-,27-/m0/s1. The van der Waals surface area contributed by atoms with Crippen molar-refractivity contribution in [2.24, 2.45) is 5.92 Å². The molecule has 0 aliphatic carbocycles. The average molecular weight is 518 g/mol. The van der Waals surface area contributed by atoms with Gasteiger partial charge in [0.25, 0.3) is 11.8 Å². The van der Waals surface area contributed by atoms with E-state index in [0.717, 1.165) is 27.2 Å². The number of carbonyl (C=O) groups is 3. The van der Waals surface area contributed by atoms with Crippen molar-refractivity contribution in [2.45, 2.75) is 51.6 Å². The second-order valence-electron chi connectivity index (χ2n) is 10.8. The Bertz CT molecular complexity index is 1340. The van der Waals surface area contributed by atoms with Crippen LogP contribution in [0.2, 0.25) is 0 Å². The number of amides is 2. The SMILES string of the molecule is CC(C)(C)c1ccc2c(c1)C(=O)N(CC[C@H](C(=O)O)[C@@H](O)CCc1ccc(-c3ccc(F)cc3)cc1)C2=O. The summed E-state index contributed by atoms with van der Waals surface area (Å²) in [5, 5.41) is 20.5. The zero-order valence-electron chi connectivity index (χ0n) is 21.8. The van der Waals surface area contributed by atoms with Crippen LogP contribution in [0, 0.1) is 11.7 Å². The highest BCUT2D eigenvalue weighted by molar-refractivity contribution is 6.21. The van der Waals surface area contributed by atoms with Gasteiger partial charge in [-0.1, -0.05) is 63.2 Å². The number of carboxylic acid groups (broad SMARTS) is 1. The molecule has 198 valence electrons. The molecule has 0 radical (unpaired) electrons. The number of aliphatic carboxylic acids is 1. The minimum absolute atomic E-state index is 0.0440. The largest absolute Gasteiger partial charge is 0.481 e. The number of imide groups is 1. The molecule has 6 nitrogen and oxygen atoms in total. The molecular weight excluding hydrogens is 485 g/mol. The predicted octanol–water partition coefficient (Wildman–Crippen LogP) is 5.47. The van der Waals surface area contributed by atoms with E-state index in [2.05, 4.69) is 0 Å². The number of aliphatic hydroxyl groups is 1. The highest BCUT2D eigenvalue weighted by atomic mass is 19.1. The molecule has 38 heavy (non-hydrogen) atoms. The monoisotopic (exact) mass is 517 g/mol. The van der Waals surface area contributed by atoms with E-state index in [1.165, 1.54) is 12.1 Å². The molecule has 3 aromatic carbocycles. The van der Waals surface area contributed by atoms with E-state index in [1.54, 1.807) is 24.3 Å². The Kier molecular flexibility index (Phi) is 7.78. The lowest BCUT2D eigenvalue weighted by molar-refractivity contribution is -0.146. The highest BCUT2D eigenvalue weighted by Crippen LogP contribution is 2.30. The van der Waals surface area contributed by atoms with E-state index < -0.39 is 29.8 Å². The molecule has 0 saturated heterocycles. The van der Waals surface area contributed by atoms with Crippen molar-refractivity contribution in [3.05, 3.63) is 94.8 Å². The van der Waals surface area contributed by atoms with Crippen LogP contribution in [0.5, 0.6) is 0 Å². The number of fused-ring (bicyclic) bond motifs is 1. The zero-order valence-corrected chi connectivity index (χ0v) is 21.8. The van der Waals surface area contributed by atoms with Crippen LogP contribution in [0.3, 0.4) is 0 Å². The van der Waals surface area contributed by atoms with Crippen molar-refractivity contribution in [3.63, 3.8) is 0 Å². The highest BCUT2D eigenvalue weighted by Gasteiger charge is 2.37. The minimum Gasteiger partial charge on any atom is -0.481 e. The van der Waals surface area contributed by atoms with Crippen molar-refractivity contribution < 1.29 is 29.0 Å². The molecule has 0 fully saturated rings. The summed E-state index contributed by atoms with van der Waals surface area (Å²) in [7, 11) is 0. The summed E-state index contributed by atoms with van der Waals surface area (Å²) >= 11 is 0. The third kappa shape index (κ3) is 5.83. The van der Waals surface area contributed by atoms with E-state index in [4.69, 9.17) is 0 Å². The van der Waals surface area contributed by atoms with Gasteiger partial charge < -0.3 is 10.2 Å². The summed E-state index contributed by atoms with van der Waals surface area (Å²) in [4.78, 5) is 38.8. The number of nitrogens with zero attached hydrogens (tertiary/aromatic N) is 1. The van der Waals surface area contributed by atoms with Gasteiger partial charge in [-0.15, -0.1) is 0 Å². The summed E-state index contributed by atoms with van der Waals surface area (Å²) < 4.78 is 13.2. The second kappa shape index (κ2) is 10.9. The maximum Gasteiger partial charge on any atom is 0.309 e. The van der Waals surface area contributed by atoms with Crippen LogP contribution in [0.4, 0.5) is 4.39 Å². The van der Waals surface area contributed by atoms with Crippen LogP contribution in [-0.4, -0.2) is 45.5 Å². The maximum absolute atomic E-state index is 13.2. The van der Waals surface area contributed by atoms with Crippen LogP contribution in [0.1, 0.15) is 65.5 Å². The van der Waals surface area contributed by atoms with Gasteiger partial charge in [-0.2, -0.15) is 0 Å². The van der Waals surface area contributed by atoms with Gasteiger partial charge in [0.1, 0.15) is 5.82 Å². The molecule has 0 unspecified atom stereocenters. The van der Waals surface area contributed by atoms with Gasteiger partial charge in [0.15, 0.2) is 0 Å². The smallest absolute Gasteiger partial charge is 0.309 e. The zero-order chi connectivity index (χ0) is 27.6. The van der Waals surface area contributed by atoms with Gasteiger partial charge in [-0.3, -0.25) is 19.3 Å². The van der Waals surface area contributed by atoms with E-state index >= 15 is 0 Å². The van der Waals surface area contributed by atoms with Crippen molar-refractivity contribution in [1.29, 1.82) is 0 Å². The molecule has 0 saturated carbocycles. The molecule has 2 atom stereocenters. The second-order valence-corrected chi connectivity index (χ2v) is 10.8. The number of hydrogen-bond donors (Lipinski definition) is 2. The molecule has 0 spiro atoms. The molecule has 1 heterocycles. The Hall–Kier alpha value is -3.84. The number of hydrogen-bond acceptors (Lipinski definition) is 4. The molecule has 1 aliphatic heterocycles. The number of aryl methyl sites for hydroxylation is 1. The number of halogens is 1. The minimum atomic E-state index is -1.17. The van der Waals surface area contributed by atoms with Crippen molar-refractivity contribution in [3.8, 4) is 11.1 Å². The lowest BCUT2D eigenvalue weighted by atomic mass is 9.85. The Balaban J connectivity index is 1.36. The first kappa shape index (κ1) is 27.2. The lowest BCUT2D eigenvalue weighted by Crippen LogP contribution is -2.36. The quantitative estimate of drug-likeness (QED) is 0.367.